The molecule has 0 spiro atoms. The van der Waals surface area contributed by atoms with E-state index >= 15 is 0 Å². The van der Waals surface area contributed by atoms with Crippen molar-refractivity contribution in [3.8, 4) is 0 Å². The molecule has 1 amide bonds. The molecule has 0 aliphatic rings. The number of hydrogen-bond donors (Lipinski definition) is 3. The summed E-state index contributed by atoms with van der Waals surface area (Å²) in [7, 11) is 0. The van der Waals surface area contributed by atoms with Crippen LogP contribution in [0.25, 0.3) is 11.0 Å². The largest absolute Gasteiger partial charge is 0.388 e. The van der Waals surface area contributed by atoms with Crippen LogP contribution < -0.4 is 5.32 Å². The zero-order valence-corrected chi connectivity index (χ0v) is 14.0. The van der Waals surface area contributed by atoms with E-state index in [1.165, 1.54) is 0 Å². The average Bonchev–Trinajstić information content (AvgIpc) is 2.98. The lowest BCUT2D eigenvalue weighted by atomic mass is 10.1. The quantitative estimate of drug-likeness (QED) is 0.665. The van der Waals surface area contributed by atoms with Crippen molar-refractivity contribution in [3.63, 3.8) is 0 Å². The number of aliphatic hydroxyl groups excluding tert-OH is 1. The zero-order valence-electron chi connectivity index (χ0n) is 13.2. The first-order chi connectivity index (χ1) is 11.5. The summed E-state index contributed by atoms with van der Waals surface area (Å²) in [4.78, 5) is 19.7. The number of carbonyl (C=O) groups excluding carboxylic acids is 1. The fourth-order valence-electron chi connectivity index (χ4n) is 2.54. The maximum Gasteiger partial charge on any atom is 0.223 e. The molecule has 6 heteroatoms. The van der Waals surface area contributed by atoms with Crippen LogP contribution in [0.5, 0.6) is 0 Å². The van der Waals surface area contributed by atoms with Crippen molar-refractivity contribution in [2.45, 2.75) is 26.0 Å². The molecule has 2 aromatic carbocycles. The Morgan fingerprint density at radius 3 is 2.75 bits per heavy atom. The Morgan fingerprint density at radius 1 is 1.29 bits per heavy atom. The topological polar surface area (TPSA) is 78.0 Å². The van der Waals surface area contributed by atoms with Gasteiger partial charge < -0.3 is 15.4 Å². The average molecular weight is 344 g/mol. The third-order valence-corrected chi connectivity index (χ3v) is 4.10. The Balaban J connectivity index is 1.58. The molecule has 5 nitrogen and oxygen atoms in total. The number of aromatic amines is 1. The Bertz CT molecular complexity index is 858. The van der Waals surface area contributed by atoms with E-state index < -0.39 is 6.10 Å². The SMILES string of the molecule is Cc1cccc2[nH]c(CNC(=O)CC(O)c3ccc(Cl)cc3)nc12. The molecule has 0 bridgehead atoms. The van der Waals surface area contributed by atoms with Crippen LogP contribution in [0, 0.1) is 6.92 Å². The van der Waals surface area contributed by atoms with Crippen LogP contribution in [0.15, 0.2) is 42.5 Å². The van der Waals surface area contributed by atoms with Crippen LogP contribution >= 0.6 is 11.6 Å². The molecule has 24 heavy (non-hydrogen) atoms. The van der Waals surface area contributed by atoms with Crippen molar-refractivity contribution in [1.82, 2.24) is 15.3 Å². The van der Waals surface area contributed by atoms with Crippen LogP contribution in [-0.2, 0) is 11.3 Å². The van der Waals surface area contributed by atoms with E-state index in [0.29, 0.717) is 23.0 Å². The van der Waals surface area contributed by atoms with E-state index in [2.05, 4.69) is 15.3 Å². The van der Waals surface area contributed by atoms with Gasteiger partial charge in [-0.05, 0) is 36.2 Å². The summed E-state index contributed by atoms with van der Waals surface area (Å²) in [6.07, 6.45) is -0.874. The lowest BCUT2D eigenvalue weighted by Crippen LogP contribution is -2.25. The van der Waals surface area contributed by atoms with E-state index in [4.69, 9.17) is 11.6 Å². The summed E-state index contributed by atoms with van der Waals surface area (Å²) >= 11 is 5.81. The molecule has 0 fully saturated rings. The van der Waals surface area contributed by atoms with Crippen molar-refractivity contribution in [1.29, 1.82) is 0 Å². The lowest BCUT2D eigenvalue weighted by molar-refractivity contribution is -0.123. The van der Waals surface area contributed by atoms with Crippen LogP contribution in [-0.4, -0.2) is 21.0 Å². The minimum Gasteiger partial charge on any atom is -0.388 e. The van der Waals surface area contributed by atoms with Gasteiger partial charge in [0.25, 0.3) is 0 Å². The molecular formula is C18H18ClN3O2. The highest BCUT2D eigenvalue weighted by molar-refractivity contribution is 6.30. The maximum absolute atomic E-state index is 12.0. The molecule has 1 heterocycles. The normalized spacial score (nSPS) is 12.3. The van der Waals surface area contributed by atoms with E-state index in [-0.39, 0.29) is 12.3 Å². The van der Waals surface area contributed by atoms with Crippen molar-refractivity contribution in [2.24, 2.45) is 0 Å². The standard InChI is InChI=1S/C18H18ClN3O2/c1-11-3-2-4-14-18(11)22-16(21-14)10-20-17(24)9-15(23)12-5-7-13(19)8-6-12/h2-8,15,23H,9-10H2,1H3,(H,20,24)(H,21,22). The number of para-hydroxylation sites is 1. The number of fused-ring (bicyclic) bond motifs is 1. The fraction of sp³-hybridized carbons (Fsp3) is 0.222. The van der Waals surface area contributed by atoms with Gasteiger partial charge in [-0.3, -0.25) is 4.79 Å². The Kier molecular flexibility index (Phi) is 4.83. The number of aryl methyl sites for hydroxylation is 1. The van der Waals surface area contributed by atoms with Gasteiger partial charge in [-0.25, -0.2) is 4.98 Å². The van der Waals surface area contributed by atoms with E-state index in [0.717, 1.165) is 16.6 Å². The van der Waals surface area contributed by atoms with Gasteiger partial charge >= 0.3 is 0 Å². The number of carbonyl (C=O) groups is 1. The number of rotatable bonds is 5. The first-order valence-electron chi connectivity index (χ1n) is 7.67. The molecule has 0 radical (unpaired) electrons. The minimum atomic E-state index is -0.861. The smallest absolute Gasteiger partial charge is 0.223 e. The summed E-state index contributed by atoms with van der Waals surface area (Å²) in [5.74, 6) is 0.447. The summed E-state index contributed by atoms with van der Waals surface area (Å²) in [6.45, 7) is 2.29. The number of halogens is 1. The van der Waals surface area contributed by atoms with Crippen molar-refractivity contribution < 1.29 is 9.90 Å². The molecule has 1 atom stereocenters. The third-order valence-electron chi connectivity index (χ3n) is 3.85. The van der Waals surface area contributed by atoms with Gasteiger partial charge in [0, 0.05) is 5.02 Å². The Morgan fingerprint density at radius 2 is 2.04 bits per heavy atom. The summed E-state index contributed by atoms with van der Waals surface area (Å²) in [6, 6.07) is 12.7. The first-order valence-corrected chi connectivity index (χ1v) is 8.05. The molecule has 0 aliphatic carbocycles. The summed E-state index contributed by atoms with van der Waals surface area (Å²) in [5, 5.41) is 13.5. The van der Waals surface area contributed by atoms with Gasteiger partial charge in [0.05, 0.1) is 30.1 Å². The second-order valence-corrected chi connectivity index (χ2v) is 6.14. The summed E-state index contributed by atoms with van der Waals surface area (Å²) in [5.41, 5.74) is 3.59. The van der Waals surface area contributed by atoms with Gasteiger partial charge in [-0.1, -0.05) is 35.9 Å². The molecule has 1 aromatic heterocycles. The van der Waals surface area contributed by atoms with E-state index in [1.54, 1.807) is 24.3 Å². The number of aliphatic hydroxyl groups is 1. The molecule has 3 aromatic rings. The predicted molar refractivity (Wildman–Crippen MR) is 93.7 cm³/mol. The third kappa shape index (κ3) is 3.75. The first kappa shape index (κ1) is 16.5. The fourth-order valence-corrected chi connectivity index (χ4v) is 2.67. The Labute approximate surface area is 144 Å². The predicted octanol–water partition coefficient (Wildman–Crippen LogP) is 3.26. The van der Waals surface area contributed by atoms with Gasteiger partial charge in [0.15, 0.2) is 0 Å². The molecule has 0 aliphatic heterocycles. The highest BCUT2D eigenvalue weighted by atomic mass is 35.5. The molecule has 3 N–H and O–H groups in total. The number of H-pyrrole nitrogens is 1. The zero-order chi connectivity index (χ0) is 17.1. The molecule has 3 rings (SSSR count). The van der Waals surface area contributed by atoms with Crippen molar-refractivity contribution in [3.05, 3.63) is 64.4 Å². The van der Waals surface area contributed by atoms with Gasteiger partial charge in [-0.15, -0.1) is 0 Å². The summed E-state index contributed by atoms with van der Waals surface area (Å²) < 4.78 is 0. The number of hydrogen-bond acceptors (Lipinski definition) is 3. The van der Waals surface area contributed by atoms with Gasteiger partial charge in [0.1, 0.15) is 5.82 Å². The number of benzene rings is 2. The van der Waals surface area contributed by atoms with Gasteiger partial charge in [-0.2, -0.15) is 0 Å². The number of nitrogens with one attached hydrogen (secondary N) is 2. The van der Waals surface area contributed by atoms with Crippen molar-refractivity contribution >= 4 is 28.5 Å². The highest BCUT2D eigenvalue weighted by Crippen LogP contribution is 2.19. The number of amides is 1. The van der Waals surface area contributed by atoms with Crippen LogP contribution in [0.1, 0.15) is 29.5 Å². The molecule has 0 saturated carbocycles. The Hall–Kier alpha value is -2.37. The van der Waals surface area contributed by atoms with E-state index in [1.807, 2.05) is 25.1 Å². The monoisotopic (exact) mass is 343 g/mol. The van der Waals surface area contributed by atoms with Gasteiger partial charge in [0.2, 0.25) is 5.91 Å². The number of imidazole rings is 1. The molecular weight excluding hydrogens is 326 g/mol. The molecule has 1 unspecified atom stereocenters. The van der Waals surface area contributed by atoms with Crippen LogP contribution in [0.4, 0.5) is 0 Å². The minimum absolute atomic E-state index is 0.0130. The van der Waals surface area contributed by atoms with Crippen LogP contribution in [0.2, 0.25) is 5.02 Å². The van der Waals surface area contributed by atoms with Crippen molar-refractivity contribution in [2.75, 3.05) is 0 Å². The number of nitrogens with zero attached hydrogens (tertiary/aromatic N) is 1. The second kappa shape index (κ2) is 7.03. The highest BCUT2D eigenvalue weighted by Gasteiger charge is 2.13. The molecule has 0 saturated heterocycles. The second-order valence-electron chi connectivity index (χ2n) is 5.70. The molecule has 124 valence electrons. The lowest BCUT2D eigenvalue weighted by Gasteiger charge is -2.11. The number of aromatic nitrogens is 2. The maximum atomic E-state index is 12.0. The van der Waals surface area contributed by atoms with E-state index in [9.17, 15) is 9.90 Å². The van der Waals surface area contributed by atoms with Crippen LogP contribution in [0.3, 0.4) is 0 Å².